The van der Waals surface area contributed by atoms with E-state index in [1.807, 2.05) is 0 Å². The van der Waals surface area contributed by atoms with E-state index < -0.39 is 0 Å². The normalized spacial score (nSPS) is 26.4. The van der Waals surface area contributed by atoms with Crippen LogP contribution < -0.4 is 11.1 Å². The van der Waals surface area contributed by atoms with Crippen molar-refractivity contribution in [3.8, 4) is 0 Å². The highest BCUT2D eigenvalue weighted by molar-refractivity contribution is 14.1. The first-order chi connectivity index (χ1) is 6.75. The molecule has 1 aromatic heterocycles. The molecule has 1 saturated carbocycles. The molecule has 14 heavy (non-hydrogen) atoms. The van der Waals surface area contributed by atoms with E-state index in [2.05, 4.69) is 37.9 Å². The molecule has 2 unspecified atom stereocenters. The highest BCUT2D eigenvalue weighted by Crippen LogP contribution is 2.19. The summed E-state index contributed by atoms with van der Waals surface area (Å²) in [5.74, 6) is 0.688. The molecule has 1 aliphatic carbocycles. The number of aromatic nitrogens is 2. The number of rotatable bonds is 2. The molecular formula is C9H13IN4. The molecule has 2 rings (SSSR count). The van der Waals surface area contributed by atoms with Gasteiger partial charge in [-0.15, -0.1) is 0 Å². The standard InChI is InChI=1S/C9H13IN4/c10-6-4-12-9(13-5-6)14-8-3-1-2-7(8)11/h4-5,7-8H,1-3,11H2,(H,12,13,14). The van der Waals surface area contributed by atoms with Crippen LogP contribution in [0.1, 0.15) is 19.3 Å². The molecule has 1 aromatic rings. The van der Waals surface area contributed by atoms with Crippen molar-refractivity contribution in [2.45, 2.75) is 31.3 Å². The molecule has 5 heteroatoms. The van der Waals surface area contributed by atoms with Gasteiger partial charge >= 0.3 is 0 Å². The van der Waals surface area contributed by atoms with Crippen LogP contribution in [0.3, 0.4) is 0 Å². The number of hydrogen-bond donors (Lipinski definition) is 2. The van der Waals surface area contributed by atoms with Gasteiger partial charge in [-0.3, -0.25) is 0 Å². The maximum Gasteiger partial charge on any atom is 0.222 e. The first kappa shape index (κ1) is 10.1. The fourth-order valence-electron chi connectivity index (χ4n) is 1.72. The predicted octanol–water partition coefficient (Wildman–Crippen LogP) is 1.37. The maximum atomic E-state index is 5.94. The van der Waals surface area contributed by atoms with Gasteiger partial charge in [0.1, 0.15) is 0 Å². The second-order valence-corrected chi connectivity index (χ2v) is 4.82. The van der Waals surface area contributed by atoms with Crippen LogP contribution >= 0.6 is 22.6 Å². The monoisotopic (exact) mass is 304 g/mol. The van der Waals surface area contributed by atoms with Crippen molar-refractivity contribution in [1.29, 1.82) is 0 Å². The molecule has 0 spiro atoms. The van der Waals surface area contributed by atoms with Crippen LogP contribution in [-0.2, 0) is 0 Å². The van der Waals surface area contributed by atoms with Crippen LogP contribution in [0.15, 0.2) is 12.4 Å². The van der Waals surface area contributed by atoms with Gasteiger partial charge in [0.05, 0.1) is 0 Å². The zero-order valence-corrected chi connectivity index (χ0v) is 9.94. The van der Waals surface area contributed by atoms with Crippen molar-refractivity contribution in [2.75, 3.05) is 5.32 Å². The fraction of sp³-hybridized carbons (Fsp3) is 0.556. The number of hydrogen-bond acceptors (Lipinski definition) is 4. The molecule has 0 aliphatic heterocycles. The van der Waals surface area contributed by atoms with Gasteiger partial charge in [0.25, 0.3) is 0 Å². The van der Waals surface area contributed by atoms with Crippen LogP contribution in [0.25, 0.3) is 0 Å². The van der Waals surface area contributed by atoms with E-state index in [1.54, 1.807) is 12.4 Å². The highest BCUT2D eigenvalue weighted by Gasteiger charge is 2.23. The number of halogens is 1. The van der Waals surface area contributed by atoms with E-state index >= 15 is 0 Å². The third kappa shape index (κ3) is 2.33. The molecule has 0 aromatic carbocycles. The molecule has 0 bridgehead atoms. The Labute approximate surface area is 96.8 Å². The molecule has 76 valence electrons. The number of nitrogens with zero attached hydrogens (tertiary/aromatic N) is 2. The average Bonchev–Trinajstić information content (AvgIpc) is 2.56. The van der Waals surface area contributed by atoms with Gasteiger partial charge in [-0.05, 0) is 41.9 Å². The molecule has 1 heterocycles. The Morgan fingerprint density at radius 3 is 2.64 bits per heavy atom. The van der Waals surface area contributed by atoms with E-state index in [-0.39, 0.29) is 6.04 Å². The van der Waals surface area contributed by atoms with Crippen molar-refractivity contribution < 1.29 is 0 Å². The van der Waals surface area contributed by atoms with E-state index in [0.29, 0.717) is 12.0 Å². The van der Waals surface area contributed by atoms with Gasteiger partial charge in [-0.25, -0.2) is 9.97 Å². The van der Waals surface area contributed by atoms with Crippen LogP contribution in [0.4, 0.5) is 5.95 Å². The third-order valence-electron chi connectivity index (χ3n) is 2.50. The molecule has 0 radical (unpaired) electrons. The van der Waals surface area contributed by atoms with Crippen molar-refractivity contribution >= 4 is 28.5 Å². The lowest BCUT2D eigenvalue weighted by atomic mass is 10.2. The van der Waals surface area contributed by atoms with E-state index in [9.17, 15) is 0 Å². The molecule has 3 N–H and O–H groups in total. The Bertz CT molecular complexity index is 300. The summed E-state index contributed by atoms with van der Waals surface area (Å²) < 4.78 is 1.05. The molecule has 1 aliphatic rings. The quantitative estimate of drug-likeness (QED) is 0.810. The zero-order valence-electron chi connectivity index (χ0n) is 7.78. The Balaban J connectivity index is 2.00. The second-order valence-electron chi connectivity index (χ2n) is 3.57. The van der Waals surface area contributed by atoms with Crippen molar-refractivity contribution in [2.24, 2.45) is 5.73 Å². The molecule has 4 nitrogen and oxygen atoms in total. The van der Waals surface area contributed by atoms with Crippen LogP contribution in [0.5, 0.6) is 0 Å². The first-order valence-corrected chi connectivity index (χ1v) is 5.83. The van der Waals surface area contributed by atoms with Gasteiger partial charge < -0.3 is 11.1 Å². The SMILES string of the molecule is NC1CCCC1Nc1ncc(I)cn1. The van der Waals surface area contributed by atoms with Crippen molar-refractivity contribution in [3.05, 3.63) is 16.0 Å². The van der Waals surface area contributed by atoms with Crippen LogP contribution in [-0.4, -0.2) is 22.1 Å². The number of anilines is 1. The third-order valence-corrected chi connectivity index (χ3v) is 3.06. The number of nitrogens with one attached hydrogen (secondary N) is 1. The highest BCUT2D eigenvalue weighted by atomic mass is 127. The largest absolute Gasteiger partial charge is 0.350 e. The molecule has 0 saturated heterocycles. The Kier molecular flexibility index (Phi) is 3.17. The van der Waals surface area contributed by atoms with Crippen molar-refractivity contribution in [3.63, 3.8) is 0 Å². The van der Waals surface area contributed by atoms with Crippen LogP contribution in [0.2, 0.25) is 0 Å². The summed E-state index contributed by atoms with van der Waals surface area (Å²) in [4.78, 5) is 8.38. The summed E-state index contributed by atoms with van der Waals surface area (Å²) in [6.45, 7) is 0. The Hall–Kier alpha value is -0.430. The summed E-state index contributed by atoms with van der Waals surface area (Å²) in [6.07, 6.45) is 7.02. The second kappa shape index (κ2) is 4.39. The molecule has 0 amide bonds. The van der Waals surface area contributed by atoms with Gasteiger partial charge in [0, 0.05) is 28.0 Å². The maximum absolute atomic E-state index is 5.94. The van der Waals surface area contributed by atoms with Gasteiger partial charge in [0.2, 0.25) is 5.95 Å². The first-order valence-electron chi connectivity index (χ1n) is 4.75. The van der Waals surface area contributed by atoms with E-state index in [0.717, 1.165) is 16.4 Å². The average molecular weight is 304 g/mol. The van der Waals surface area contributed by atoms with Crippen molar-refractivity contribution in [1.82, 2.24) is 9.97 Å². The van der Waals surface area contributed by atoms with Gasteiger partial charge in [-0.2, -0.15) is 0 Å². The smallest absolute Gasteiger partial charge is 0.222 e. The zero-order chi connectivity index (χ0) is 9.97. The summed E-state index contributed by atoms with van der Waals surface area (Å²) in [6, 6.07) is 0.591. The summed E-state index contributed by atoms with van der Waals surface area (Å²) >= 11 is 2.19. The summed E-state index contributed by atoms with van der Waals surface area (Å²) in [7, 11) is 0. The predicted molar refractivity (Wildman–Crippen MR) is 64.0 cm³/mol. The fourth-order valence-corrected chi connectivity index (χ4v) is 2.00. The molecular weight excluding hydrogens is 291 g/mol. The lowest BCUT2D eigenvalue weighted by molar-refractivity contribution is 0.633. The van der Waals surface area contributed by atoms with Gasteiger partial charge in [0.15, 0.2) is 0 Å². The Morgan fingerprint density at radius 2 is 2.07 bits per heavy atom. The van der Waals surface area contributed by atoms with E-state index in [4.69, 9.17) is 5.73 Å². The summed E-state index contributed by atoms with van der Waals surface area (Å²) in [5, 5.41) is 3.27. The Morgan fingerprint density at radius 1 is 1.36 bits per heavy atom. The lowest BCUT2D eigenvalue weighted by Crippen LogP contribution is -2.35. The molecule has 2 atom stereocenters. The van der Waals surface area contributed by atoms with E-state index in [1.165, 1.54) is 6.42 Å². The molecule has 1 fully saturated rings. The number of nitrogens with two attached hydrogens (primary N) is 1. The minimum absolute atomic E-state index is 0.248. The summed E-state index contributed by atoms with van der Waals surface area (Å²) in [5.41, 5.74) is 5.94. The van der Waals surface area contributed by atoms with Crippen LogP contribution in [0, 0.1) is 3.57 Å². The minimum atomic E-state index is 0.248. The van der Waals surface area contributed by atoms with Gasteiger partial charge in [-0.1, -0.05) is 0 Å². The minimum Gasteiger partial charge on any atom is -0.350 e. The topological polar surface area (TPSA) is 63.8 Å². The lowest BCUT2D eigenvalue weighted by Gasteiger charge is -2.16.